The molecule has 0 fully saturated rings. The molecule has 0 atom stereocenters. The molecular formula is C11H13ClO2. The largest absolute Gasteiger partial charge is 0.371 e. The first kappa shape index (κ1) is 11.2. The van der Waals surface area contributed by atoms with Crippen LogP contribution in [0.3, 0.4) is 0 Å². The highest BCUT2D eigenvalue weighted by Crippen LogP contribution is 2.15. The van der Waals surface area contributed by atoms with Crippen LogP contribution in [-0.2, 0) is 4.74 Å². The van der Waals surface area contributed by atoms with E-state index in [2.05, 4.69) is 0 Å². The fraction of sp³-hybridized carbons (Fsp3) is 0.364. The summed E-state index contributed by atoms with van der Waals surface area (Å²) in [5.41, 5.74) is 0.523. The summed E-state index contributed by atoms with van der Waals surface area (Å²) in [6, 6.07) is 6.98. The third-order valence-electron chi connectivity index (χ3n) is 1.72. The molecule has 0 aliphatic carbocycles. The molecule has 0 spiro atoms. The maximum absolute atomic E-state index is 11.6. The topological polar surface area (TPSA) is 26.3 Å². The third-order valence-corrected chi connectivity index (χ3v) is 2.05. The number of carbonyl (C=O) groups is 1. The number of rotatable bonds is 4. The number of ether oxygens (including phenoxy) is 1. The van der Waals surface area contributed by atoms with Gasteiger partial charge in [0.05, 0.1) is 11.1 Å². The average Bonchev–Trinajstić information content (AvgIpc) is 2.15. The molecule has 0 radical (unpaired) electrons. The van der Waals surface area contributed by atoms with Gasteiger partial charge in [0, 0.05) is 5.56 Å². The summed E-state index contributed by atoms with van der Waals surface area (Å²) in [6.45, 7) is 3.86. The molecule has 14 heavy (non-hydrogen) atoms. The number of halogens is 1. The lowest BCUT2D eigenvalue weighted by Gasteiger charge is -2.07. The predicted molar refractivity (Wildman–Crippen MR) is 56.9 cm³/mol. The maximum Gasteiger partial charge on any atom is 0.189 e. The summed E-state index contributed by atoms with van der Waals surface area (Å²) in [5.74, 6) is -0.0794. The molecule has 76 valence electrons. The Morgan fingerprint density at radius 3 is 2.64 bits per heavy atom. The van der Waals surface area contributed by atoms with Crippen LogP contribution in [0.1, 0.15) is 24.2 Å². The average molecular weight is 213 g/mol. The zero-order chi connectivity index (χ0) is 10.6. The minimum absolute atomic E-state index is 0.0569. The number of Topliss-reactive ketones (excluding diaryl/α,β-unsaturated/α-hetero) is 1. The van der Waals surface area contributed by atoms with Crippen LogP contribution in [0.4, 0.5) is 0 Å². The van der Waals surface area contributed by atoms with Crippen LogP contribution in [-0.4, -0.2) is 18.5 Å². The lowest BCUT2D eigenvalue weighted by atomic mass is 10.1. The predicted octanol–water partition coefficient (Wildman–Crippen LogP) is 2.95. The van der Waals surface area contributed by atoms with Gasteiger partial charge in [-0.1, -0.05) is 23.7 Å². The van der Waals surface area contributed by atoms with Gasteiger partial charge in [-0.25, -0.2) is 0 Å². The molecule has 1 aromatic carbocycles. The lowest BCUT2D eigenvalue weighted by molar-refractivity contribution is 0.0585. The summed E-state index contributed by atoms with van der Waals surface area (Å²) in [4.78, 5) is 11.6. The summed E-state index contributed by atoms with van der Waals surface area (Å²) < 4.78 is 5.20. The smallest absolute Gasteiger partial charge is 0.189 e. The van der Waals surface area contributed by atoms with Crippen molar-refractivity contribution in [3.8, 4) is 0 Å². The van der Waals surface area contributed by atoms with E-state index in [4.69, 9.17) is 16.3 Å². The molecule has 0 unspecified atom stereocenters. The number of ketones is 1. The van der Waals surface area contributed by atoms with E-state index in [1.807, 2.05) is 13.8 Å². The van der Waals surface area contributed by atoms with E-state index in [0.29, 0.717) is 10.6 Å². The molecule has 0 saturated heterocycles. The zero-order valence-corrected chi connectivity index (χ0v) is 9.04. The Bertz CT molecular complexity index is 321. The minimum Gasteiger partial charge on any atom is -0.371 e. The Morgan fingerprint density at radius 2 is 2.07 bits per heavy atom. The number of carbonyl (C=O) groups excluding carboxylic acids is 1. The van der Waals surface area contributed by atoms with Gasteiger partial charge >= 0.3 is 0 Å². The van der Waals surface area contributed by atoms with Gasteiger partial charge in [-0.15, -0.1) is 0 Å². The van der Waals surface area contributed by atoms with E-state index in [0.717, 1.165) is 0 Å². The molecule has 1 rings (SSSR count). The van der Waals surface area contributed by atoms with Crippen molar-refractivity contribution in [3.05, 3.63) is 34.9 Å². The van der Waals surface area contributed by atoms with Crippen LogP contribution in [0.25, 0.3) is 0 Å². The van der Waals surface area contributed by atoms with Crippen molar-refractivity contribution >= 4 is 17.4 Å². The molecule has 0 heterocycles. The first-order valence-corrected chi connectivity index (χ1v) is 4.88. The van der Waals surface area contributed by atoms with E-state index in [1.54, 1.807) is 24.3 Å². The van der Waals surface area contributed by atoms with E-state index in [9.17, 15) is 4.79 Å². The second kappa shape index (κ2) is 5.13. The van der Waals surface area contributed by atoms with Gasteiger partial charge in [-0.2, -0.15) is 0 Å². The minimum atomic E-state index is -0.0794. The van der Waals surface area contributed by atoms with Crippen molar-refractivity contribution in [2.75, 3.05) is 6.61 Å². The van der Waals surface area contributed by atoms with Crippen LogP contribution in [0.5, 0.6) is 0 Å². The Kier molecular flexibility index (Phi) is 4.11. The number of hydrogen-bond donors (Lipinski definition) is 0. The van der Waals surface area contributed by atoms with Gasteiger partial charge in [0.2, 0.25) is 0 Å². The van der Waals surface area contributed by atoms with Crippen LogP contribution >= 0.6 is 11.6 Å². The number of hydrogen-bond acceptors (Lipinski definition) is 2. The molecule has 0 amide bonds. The molecule has 0 saturated carbocycles. The molecule has 0 aromatic heterocycles. The maximum atomic E-state index is 11.6. The van der Waals surface area contributed by atoms with Gasteiger partial charge in [0.15, 0.2) is 5.78 Å². The quantitative estimate of drug-likeness (QED) is 0.718. The molecule has 2 nitrogen and oxygen atoms in total. The molecule has 0 aliphatic rings. The normalized spacial score (nSPS) is 10.6. The van der Waals surface area contributed by atoms with Crippen molar-refractivity contribution in [1.29, 1.82) is 0 Å². The second-order valence-electron chi connectivity index (χ2n) is 3.26. The first-order chi connectivity index (χ1) is 6.61. The molecule has 3 heteroatoms. The highest BCUT2D eigenvalue weighted by atomic mass is 35.5. The van der Waals surface area contributed by atoms with Gasteiger partial charge in [-0.05, 0) is 26.0 Å². The molecule has 0 aliphatic heterocycles. The first-order valence-electron chi connectivity index (χ1n) is 4.50. The van der Waals surface area contributed by atoms with E-state index in [-0.39, 0.29) is 18.5 Å². The monoisotopic (exact) mass is 212 g/mol. The fourth-order valence-electron chi connectivity index (χ4n) is 1.01. The van der Waals surface area contributed by atoms with Gasteiger partial charge in [0.1, 0.15) is 6.61 Å². The third kappa shape index (κ3) is 3.13. The van der Waals surface area contributed by atoms with Crippen LogP contribution < -0.4 is 0 Å². The summed E-state index contributed by atoms with van der Waals surface area (Å²) >= 11 is 5.86. The molecular weight excluding hydrogens is 200 g/mol. The van der Waals surface area contributed by atoms with Gasteiger partial charge in [-0.3, -0.25) is 4.79 Å². The Labute approximate surface area is 88.8 Å². The second-order valence-corrected chi connectivity index (χ2v) is 3.67. The SMILES string of the molecule is CC(C)OCC(=O)c1ccccc1Cl. The van der Waals surface area contributed by atoms with Crippen molar-refractivity contribution in [2.45, 2.75) is 20.0 Å². The Hall–Kier alpha value is -0.860. The van der Waals surface area contributed by atoms with Crippen LogP contribution in [0.2, 0.25) is 5.02 Å². The van der Waals surface area contributed by atoms with Crippen LogP contribution in [0.15, 0.2) is 24.3 Å². The Balaban J connectivity index is 2.65. The standard InChI is InChI=1S/C11H13ClO2/c1-8(2)14-7-11(13)9-5-3-4-6-10(9)12/h3-6,8H,7H2,1-2H3. The highest BCUT2D eigenvalue weighted by Gasteiger charge is 2.09. The number of benzene rings is 1. The van der Waals surface area contributed by atoms with Crippen molar-refractivity contribution in [3.63, 3.8) is 0 Å². The highest BCUT2D eigenvalue weighted by molar-refractivity contribution is 6.34. The van der Waals surface area contributed by atoms with Crippen molar-refractivity contribution < 1.29 is 9.53 Å². The lowest BCUT2D eigenvalue weighted by Crippen LogP contribution is -2.13. The fourth-order valence-corrected chi connectivity index (χ4v) is 1.25. The van der Waals surface area contributed by atoms with Gasteiger partial charge in [0.25, 0.3) is 0 Å². The van der Waals surface area contributed by atoms with E-state index >= 15 is 0 Å². The van der Waals surface area contributed by atoms with Crippen molar-refractivity contribution in [2.24, 2.45) is 0 Å². The summed E-state index contributed by atoms with van der Waals surface area (Å²) in [7, 11) is 0. The molecule has 1 aromatic rings. The summed E-state index contributed by atoms with van der Waals surface area (Å²) in [5, 5.41) is 0.477. The Morgan fingerprint density at radius 1 is 1.43 bits per heavy atom. The van der Waals surface area contributed by atoms with E-state index in [1.165, 1.54) is 0 Å². The summed E-state index contributed by atoms with van der Waals surface area (Å²) in [6.07, 6.45) is 0.0569. The molecule has 0 bridgehead atoms. The van der Waals surface area contributed by atoms with Gasteiger partial charge < -0.3 is 4.74 Å². The zero-order valence-electron chi connectivity index (χ0n) is 8.29. The van der Waals surface area contributed by atoms with Crippen LogP contribution in [0, 0.1) is 0 Å². The molecule has 0 N–H and O–H groups in total. The van der Waals surface area contributed by atoms with Crippen molar-refractivity contribution in [1.82, 2.24) is 0 Å². The van der Waals surface area contributed by atoms with E-state index < -0.39 is 0 Å².